The Morgan fingerprint density at radius 2 is 1.68 bits per heavy atom. The number of nitrogens with one attached hydrogen (secondary N) is 1. The number of rotatable bonds is 9. The predicted octanol–water partition coefficient (Wildman–Crippen LogP) is 4.70. The molecule has 3 rings (SSSR count). The summed E-state index contributed by atoms with van der Waals surface area (Å²) in [5, 5.41) is 18.9. The van der Waals surface area contributed by atoms with Crippen LogP contribution < -0.4 is 14.8 Å². The highest BCUT2D eigenvalue weighted by Gasteiger charge is 2.38. The van der Waals surface area contributed by atoms with Crippen LogP contribution in [0.1, 0.15) is 21.6 Å². The van der Waals surface area contributed by atoms with E-state index in [0.29, 0.717) is 24.5 Å². The molecule has 0 unspecified atom stereocenters. The van der Waals surface area contributed by atoms with Crippen LogP contribution in [0.25, 0.3) is 6.08 Å². The number of alkyl halides is 3. The number of benzene rings is 2. The molecule has 0 atom stereocenters. The van der Waals surface area contributed by atoms with Crippen molar-refractivity contribution < 1.29 is 47.2 Å². The molecule has 3 aromatic rings. The number of hydrogen-bond donors (Lipinski definition) is 3. The van der Waals surface area contributed by atoms with Crippen LogP contribution in [0.15, 0.2) is 72.9 Å². The van der Waals surface area contributed by atoms with Gasteiger partial charge in [-0.25, -0.2) is 9.59 Å². The van der Waals surface area contributed by atoms with E-state index in [0.717, 1.165) is 11.3 Å². The fraction of sp³-hybridized carbons (Fsp3) is 0.154. The number of aromatic nitrogens is 1. The topological polar surface area (TPSA) is 135 Å². The number of aromatic carboxylic acids is 1. The largest absolute Gasteiger partial charge is 0.493 e. The molecular weight excluding hydrogens is 509 g/mol. The zero-order valence-corrected chi connectivity index (χ0v) is 19.9. The molecule has 0 saturated carbocycles. The zero-order valence-electron chi connectivity index (χ0n) is 19.9. The lowest BCUT2D eigenvalue weighted by Crippen LogP contribution is -2.21. The van der Waals surface area contributed by atoms with Gasteiger partial charge in [0.1, 0.15) is 0 Å². The van der Waals surface area contributed by atoms with Gasteiger partial charge in [-0.1, -0.05) is 24.3 Å². The number of methoxy groups -OCH3 is 1. The Bertz CT molecular complexity index is 1280. The van der Waals surface area contributed by atoms with Gasteiger partial charge in [0.25, 0.3) is 0 Å². The number of ether oxygens (including phenoxy) is 2. The monoisotopic (exact) mass is 532 g/mol. The van der Waals surface area contributed by atoms with Gasteiger partial charge < -0.3 is 25.0 Å². The zero-order chi connectivity index (χ0) is 28.1. The van der Waals surface area contributed by atoms with Crippen molar-refractivity contribution in [3.05, 3.63) is 89.8 Å². The van der Waals surface area contributed by atoms with Crippen LogP contribution in [0.5, 0.6) is 11.5 Å². The van der Waals surface area contributed by atoms with E-state index in [1.807, 2.05) is 18.2 Å². The fourth-order valence-electron chi connectivity index (χ4n) is 2.84. The lowest BCUT2D eigenvalue weighted by Gasteiger charge is -2.11. The molecule has 1 heterocycles. The standard InChI is InChI=1S/C24H22N2O5.C2HF3O2/c1-30-22-16-17(9-11-21(22)31-15-13-18-6-4-5-14-25-18)10-12-23(27)26-20-8-3-2-7-19(20)24(28)29;3-2(4,5)1(6)7/h2-12,14,16H,13,15H2,1H3,(H,26,27)(H,28,29);(H,6,7)/b12-10+;. The molecule has 200 valence electrons. The van der Waals surface area contributed by atoms with Crippen molar-refractivity contribution in [1.82, 2.24) is 4.98 Å². The highest BCUT2D eigenvalue weighted by atomic mass is 19.4. The van der Waals surface area contributed by atoms with Gasteiger partial charge in [0.15, 0.2) is 11.5 Å². The highest BCUT2D eigenvalue weighted by molar-refractivity contribution is 6.06. The van der Waals surface area contributed by atoms with Crippen molar-refractivity contribution in [2.45, 2.75) is 12.6 Å². The summed E-state index contributed by atoms with van der Waals surface area (Å²) in [7, 11) is 1.55. The Labute approximate surface area is 215 Å². The summed E-state index contributed by atoms with van der Waals surface area (Å²) in [5.41, 5.74) is 1.93. The van der Waals surface area contributed by atoms with Crippen molar-refractivity contribution >= 4 is 29.6 Å². The second kappa shape index (κ2) is 14.0. The molecule has 0 aliphatic heterocycles. The van der Waals surface area contributed by atoms with Gasteiger partial charge in [0.05, 0.1) is 25.0 Å². The summed E-state index contributed by atoms with van der Waals surface area (Å²) >= 11 is 0. The van der Waals surface area contributed by atoms with Crippen LogP contribution in [0, 0.1) is 0 Å². The minimum atomic E-state index is -5.08. The summed E-state index contributed by atoms with van der Waals surface area (Å²) in [6, 6.07) is 17.3. The van der Waals surface area contributed by atoms with Crippen molar-refractivity contribution in [3.63, 3.8) is 0 Å². The second-order valence-electron chi connectivity index (χ2n) is 7.31. The first-order valence-corrected chi connectivity index (χ1v) is 10.8. The number of aliphatic carboxylic acids is 1. The average Bonchev–Trinajstić information content (AvgIpc) is 2.88. The number of carbonyl (C=O) groups is 3. The Hall–Kier alpha value is -4.87. The third kappa shape index (κ3) is 9.64. The van der Waals surface area contributed by atoms with E-state index >= 15 is 0 Å². The van der Waals surface area contributed by atoms with Gasteiger partial charge in [-0.05, 0) is 48.0 Å². The molecule has 9 nitrogen and oxygen atoms in total. The summed E-state index contributed by atoms with van der Waals surface area (Å²) in [6.07, 6.45) is 0.269. The Morgan fingerprint density at radius 3 is 2.29 bits per heavy atom. The number of hydrogen-bond acceptors (Lipinski definition) is 6. The molecule has 0 fully saturated rings. The van der Waals surface area contributed by atoms with Crippen LogP contribution in [0.2, 0.25) is 0 Å². The predicted molar refractivity (Wildman–Crippen MR) is 131 cm³/mol. The molecule has 3 N–H and O–H groups in total. The molecule has 0 radical (unpaired) electrons. The van der Waals surface area contributed by atoms with Gasteiger partial charge >= 0.3 is 18.1 Å². The number of pyridine rings is 1. The molecule has 0 aliphatic rings. The van der Waals surface area contributed by atoms with E-state index < -0.39 is 24.0 Å². The minimum Gasteiger partial charge on any atom is -0.493 e. The first kappa shape index (κ1) is 29.4. The quantitative estimate of drug-likeness (QED) is 0.338. The number of carbonyl (C=O) groups excluding carboxylic acids is 1. The van der Waals surface area contributed by atoms with Gasteiger partial charge in [0.2, 0.25) is 5.91 Å². The van der Waals surface area contributed by atoms with Crippen LogP contribution >= 0.6 is 0 Å². The summed E-state index contributed by atoms with van der Waals surface area (Å²) in [5.74, 6) is -3.17. The van der Waals surface area contributed by atoms with Gasteiger partial charge in [0, 0.05) is 24.4 Å². The van der Waals surface area contributed by atoms with Crippen molar-refractivity contribution in [3.8, 4) is 11.5 Å². The molecule has 0 bridgehead atoms. The van der Waals surface area contributed by atoms with Gasteiger partial charge in [-0.3, -0.25) is 9.78 Å². The second-order valence-corrected chi connectivity index (χ2v) is 7.31. The first-order chi connectivity index (χ1) is 18.0. The Morgan fingerprint density at radius 1 is 1.00 bits per heavy atom. The van der Waals surface area contributed by atoms with E-state index in [1.54, 1.807) is 49.7 Å². The smallest absolute Gasteiger partial charge is 0.490 e. The third-order valence-corrected chi connectivity index (χ3v) is 4.61. The van der Waals surface area contributed by atoms with Crippen molar-refractivity contribution in [1.29, 1.82) is 0 Å². The van der Waals surface area contributed by atoms with Crippen molar-refractivity contribution in [2.24, 2.45) is 0 Å². The van der Waals surface area contributed by atoms with E-state index in [4.69, 9.17) is 19.4 Å². The third-order valence-electron chi connectivity index (χ3n) is 4.61. The molecule has 1 aromatic heterocycles. The summed E-state index contributed by atoms with van der Waals surface area (Å²) in [4.78, 5) is 36.6. The molecule has 0 aliphatic carbocycles. The number of halogens is 3. The SMILES string of the molecule is COc1cc(/C=C/C(=O)Nc2ccccc2C(=O)O)ccc1OCCc1ccccn1.O=C(O)C(F)(F)F. The Kier molecular flexibility index (Phi) is 10.8. The summed E-state index contributed by atoms with van der Waals surface area (Å²) in [6.45, 7) is 0.452. The molecule has 38 heavy (non-hydrogen) atoms. The van der Waals surface area contributed by atoms with Crippen molar-refractivity contribution in [2.75, 3.05) is 19.0 Å². The van der Waals surface area contributed by atoms with Gasteiger partial charge in [-0.15, -0.1) is 0 Å². The van der Waals surface area contributed by atoms with Gasteiger partial charge in [-0.2, -0.15) is 13.2 Å². The first-order valence-electron chi connectivity index (χ1n) is 10.8. The number of carboxylic acids is 2. The molecule has 0 spiro atoms. The van der Waals surface area contributed by atoms with E-state index in [-0.39, 0.29) is 11.3 Å². The maximum Gasteiger partial charge on any atom is 0.490 e. The lowest BCUT2D eigenvalue weighted by atomic mass is 10.1. The molecule has 1 amide bonds. The average molecular weight is 532 g/mol. The molecule has 0 saturated heterocycles. The molecule has 2 aromatic carbocycles. The van der Waals surface area contributed by atoms with Crippen LogP contribution in [0.4, 0.5) is 18.9 Å². The molecular formula is C26H23F3N2O7. The lowest BCUT2D eigenvalue weighted by molar-refractivity contribution is -0.192. The number of nitrogens with zero attached hydrogens (tertiary/aromatic N) is 1. The normalized spacial score (nSPS) is 10.7. The highest BCUT2D eigenvalue weighted by Crippen LogP contribution is 2.28. The number of anilines is 1. The summed E-state index contributed by atoms with van der Waals surface area (Å²) < 4.78 is 42.9. The van der Waals surface area contributed by atoms with Crippen LogP contribution in [-0.2, 0) is 16.0 Å². The number of amides is 1. The molecule has 12 heteroatoms. The maximum atomic E-state index is 12.2. The minimum absolute atomic E-state index is 0.0260. The number of para-hydroxylation sites is 1. The van der Waals surface area contributed by atoms with E-state index in [9.17, 15) is 27.9 Å². The van der Waals surface area contributed by atoms with Crippen LogP contribution in [-0.4, -0.2) is 52.9 Å². The fourth-order valence-corrected chi connectivity index (χ4v) is 2.84. The van der Waals surface area contributed by atoms with E-state index in [2.05, 4.69) is 10.3 Å². The maximum absolute atomic E-state index is 12.2. The van der Waals surface area contributed by atoms with Crippen LogP contribution in [0.3, 0.4) is 0 Å². The number of carboxylic acid groups (broad SMARTS) is 2. The Balaban J connectivity index is 0.000000638. The van der Waals surface area contributed by atoms with E-state index in [1.165, 1.54) is 18.2 Å².